The van der Waals surface area contributed by atoms with Crippen molar-refractivity contribution in [2.24, 2.45) is 0 Å². The molecule has 6 nitrogen and oxygen atoms in total. The lowest BCUT2D eigenvalue weighted by Crippen LogP contribution is -2.30. The summed E-state index contributed by atoms with van der Waals surface area (Å²) >= 11 is 1.37. The van der Waals surface area contributed by atoms with E-state index in [9.17, 15) is 9.59 Å². The number of methoxy groups -OCH3 is 1. The smallest absolute Gasteiger partial charge is 0.265 e. The molecule has 1 N–H and O–H groups in total. The number of hydrogen-bond donors (Lipinski definition) is 1. The molecule has 0 unspecified atom stereocenters. The van der Waals surface area contributed by atoms with Gasteiger partial charge >= 0.3 is 0 Å². The zero-order chi connectivity index (χ0) is 20.6. The first-order valence-corrected chi connectivity index (χ1v) is 9.92. The van der Waals surface area contributed by atoms with Crippen LogP contribution in [0.25, 0.3) is 0 Å². The topological polar surface area (TPSA) is 67.9 Å². The van der Waals surface area contributed by atoms with Gasteiger partial charge in [0.25, 0.3) is 11.8 Å². The monoisotopic (exact) mass is 410 g/mol. The molecule has 0 bridgehead atoms. The predicted molar refractivity (Wildman–Crippen MR) is 114 cm³/mol. The van der Waals surface area contributed by atoms with Crippen molar-refractivity contribution in [1.82, 2.24) is 4.90 Å². The van der Waals surface area contributed by atoms with Crippen molar-refractivity contribution < 1.29 is 19.1 Å². The molecular formula is C22H22N2O4S. The SMILES string of the molecule is COc1ccc(OCCN(C)C(=O)c2cccc(NC(=O)c3cccs3)c2)cc1. The third-order valence-corrected chi connectivity index (χ3v) is 5.08. The molecule has 7 heteroatoms. The Morgan fingerprint density at radius 1 is 1.03 bits per heavy atom. The second kappa shape index (κ2) is 9.75. The van der Waals surface area contributed by atoms with Crippen molar-refractivity contribution in [3.8, 4) is 11.5 Å². The maximum Gasteiger partial charge on any atom is 0.265 e. The van der Waals surface area contributed by atoms with Crippen LogP contribution in [-0.2, 0) is 0 Å². The number of nitrogens with zero attached hydrogens (tertiary/aromatic N) is 1. The Balaban J connectivity index is 1.54. The lowest BCUT2D eigenvalue weighted by atomic mass is 10.1. The molecule has 0 atom stereocenters. The van der Waals surface area contributed by atoms with Gasteiger partial charge in [0.1, 0.15) is 18.1 Å². The normalized spacial score (nSPS) is 10.3. The maximum atomic E-state index is 12.7. The highest BCUT2D eigenvalue weighted by Crippen LogP contribution is 2.18. The van der Waals surface area contributed by atoms with Gasteiger partial charge in [0.05, 0.1) is 18.5 Å². The molecule has 0 fully saturated rings. The Labute approximate surface area is 173 Å². The molecule has 0 aliphatic heterocycles. The average Bonchev–Trinajstić information content (AvgIpc) is 3.29. The summed E-state index contributed by atoms with van der Waals surface area (Å²) in [6, 6.07) is 17.8. The lowest BCUT2D eigenvalue weighted by molar-refractivity contribution is 0.0773. The Hall–Kier alpha value is -3.32. The Morgan fingerprint density at radius 2 is 1.79 bits per heavy atom. The van der Waals surface area contributed by atoms with Crippen molar-refractivity contribution >= 4 is 28.8 Å². The van der Waals surface area contributed by atoms with E-state index >= 15 is 0 Å². The van der Waals surface area contributed by atoms with Crippen LogP contribution >= 0.6 is 11.3 Å². The molecule has 0 radical (unpaired) electrons. The van der Waals surface area contributed by atoms with Crippen molar-refractivity contribution in [2.45, 2.75) is 0 Å². The molecule has 0 saturated heterocycles. The third kappa shape index (κ3) is 5.58. The second-order valence-corrected chi connectivity index (χ2v) is 7.21. The highest BCUT2D eigenvalue weighted by atomic mass is 32.1. The summed E-state index contributed by atoms with van der Waals surface area (Å²) in [5.74, 6) is 1.14. The van der Waals surface area contributed by atoms with E-state index < -0.39 is 0 Å². The molecule has 3 rings (SSSR count). The maximum absolute atomic E-state index is 12.7. The van der Waals surface area contributed by atoms with Crippen LogP contribution in [0.1, 0.15) is 20.0 Å². The summed E-state index contributed by atoms with van der Waals surface area (Å²) in [5.41, 5.74) is 1.08. The van der Waals surface area contributed by atoms with Crippen LogP contribution in [0.15, 0.2) is 66.0 Å². The fraction of sp³-hybridized carbons (Fsp3) is 0.182. The Morgan fingerprint density at radius 3 is 2.48 bits per heavy atom. The summed E-state index contributed by atoms with van der Waals surface area (Å²) in [6.07, 6.45) is 0. The van der Waals surface area contributed by atoms with Crippen LogP contribution < -0.4 is 14.8 Å². The number of benzene rings is 2. The van der Waals surface area contributed by atoms with Gasteiger partial charge in [-0.2, -0.15) is 0 Å². The van der Waals surface area contributed by atoms with E-state index in [1.165, 1.54) is 11.3 Å². The van der Waals surface area contributed by atoms with Gasteiger partial charge in [-0.3, -0.25) is 9.59 Å². The minimum atomic E-state index is -0.189. The first kappa shape index (κ1) is 20.4. The van der Waals surface area contributed by atoms with Gasteiger partial charge in [-0.05, 0) is 53.9 Å². The standard InChI is InChI=1S/C22H22N2O4S/c1-24(12-13-28-19-10-8-18(27-2)9-11-19)22(26)16-5-3-6-17(15-16)23-21(25)20-7-4-14-29-20/h3-11,14-15H,12-13H2,1-2H3,(H,23,25). The van der Waals surface area contributed by atoms with Gasteiger partial charge in [-0.25, -0.2) is 0 Å². The first-order chi connectivity index (χ1) is 14.1. The highest BCUT2D eigenvalue weighted by molar-refractivity contribution is 7.12. The molecule has 2 aromatic carbocycles. The number of nitrogens with one attached hydrogen (secondary N) is 1. The summed E-state index contributed by atoms with van der Waals surface area (Å²) in [4.78, 5) is 27.1. The van der Waals surface area contributed by atoms with E-state index in [0.29, 0.717) is 35.0 Å². The molecule has 2 amide bonds. The van der Waals surface area contributed by atoms with E-state index in [4.69, 9.17) is 9.47 Å². The first-order valence-electron chi connectivity index (χ1n) is 9.04. The number of anilines is 1. The largest absolute Gasteiger partial charge is 0.497 e. The summed E-state index contributed by atoms with van der Waals surface area (Å²) in [6.45, 7) is 0.792. The number of hydrogen-bond acceptors (Lipinski definition) is 5. The van der Waals surface area contributed by atoms with Crippen molar-refractivity contribution in [3.05, 3.63) is 76.5 Å². The number of carbonyl (C=O) groups is 2. The predicted octanol–water partition coefficient (Wildman–Crippen LogP) is 4.16. The molecule has 29 heavy (non-hydrogen) atoms. The Bertz CT molecular complexity index is 955. The Kier molecular flexibility index (Phi) is 6.86. The van der Waals surface area contributed by atoms with E-state index in [-0.39, 0.29) is 11.8 Å². The van der Waals surface area contributed by atoms with Gasteiger partial charge in [0.15, 0.2) is 0 Å². The van der Waals surface area contributed by atoms with Crippen molar-refractivity contribution in [1.29, 1.82) is 0 Å². The van der Waals surface area contributed by atoms with E-state index in [1.54, 1.807) is 49.4 Å². The number of amides is 2. The van der Waals surface area contributed by atoms with Crippen LogP contribution in [0.3, 0.4) is 0 Å². The minimum absolute atomic E-state index is 0.143. The molecule has 0 aliphatic rings. The molecular weight excluding hydrogens is 388 g/mol. The molecule has 3 aromatic rings. The molecule has 1 aromatic heterocycles. The summed E-state index contributed by atoms with van der Waals surface area (Å²) in [7, 11) is 3.33. The van der Waals surface area contributed by atoms with Crippen molar-refractivity contribution in [2.75, 3.05) is 32.6 Å². The number of likely N-dealkylation sites (N-methyl/N-ethyl adjacent to an activating group) is 1. The number of thiophene rings is 1. The molecule has 150 valence electrons. The minimum Gasteiger partial charge on any atom is -0.497 e. The summed E-state index contributed by atoms with van der Waals surface area (Å²) < 4.78 is 10.8. The van der Waals surface area contributed by atoms with Crippen LogP contribution in [-0.4, -0.2) is 44.0 Å². The number of ether oxygens (including phenoxy) is 2. The number of rotatable bonds is 8. The third-order valence-electron chi connectivity index (χ3n) is 4.21. The van der Waals surface area contributed by atoms with Crippen LogP contribution in [0.5, 0.6) is 11.5 Å². The van der Waals surface area contributed by atoms with Gasteiger partial charge in [-0.15, -0.1) is 11.3 Å². The van der Waals surface area contributed by atoms with Gasteiger partial charge in [-0.1, -0.05) is 12.1 Å². The van der Waals surface area contributed by atoms with Crippen LogP contribution in [0.4, 0.5) is 5.69 Å². The van der Waals surface area contributed by atoms with Crippen molar-refractivity contribution in [3.63, 3.8) is 0 Å². The molecule has 0 aliphatic carbocycles. The van der Waals surface area contributed by atoms with E-state index in [2.05, 4.69) is 5.32 Å². The molecule has 0 saturated carbocycles. The van der Waals surface area contributed by atoms with E-state index in [0.717, 1.165) is 5.75 Å². The second-order valence-electron chi connectivity index (χ2n) is 6.26. The van der Waals surface area contributed by atoms with Gasteiger partial charge in [0, 0.05) is 18.3 Å². The lowest BCUT2D eigenvalue weighted by Gasteiger charge is -2.18. The fourth-order valence-corrected chi connectivity index (χ4v) is 3.24. The molecule has 1 heterocycles. The quantitative estimate of drug-likeness (QED) is 0.606. The highest BCUT2D eigenvalue weighted by Gasteiger charge is 2.13. The van der Waals surface area contributed by atoms with Crippen LogP contribution in [0.2, 0.25) is 0 Å². The molecule has 0 spiro atoms. The van der Waals surface area contributed by atoms with Crippen LogP contribution in [0, 0.1) is 0 Å². The van der Waals surface area contributed by atoms with Gasteiger partial charge in [0.2, 0.25) is 0 Å². The number of carbonyl (C=O) groups excluding carboxylic acids is 2. The zero-order valence-corrected chi connectivity index (χ0v) is 17.1. The average molecular weight is 410 g/mol. The summed E-state index contributed by atoms with van der Waals surface area (Å²) in [5, 5.41) is 4.66. The van der Waals surface area contributed by atoms with E-state index in [1.807, 2.05) is 35.7 Å². The van der Waals surface area contributed by atoms with Gasteiger partial charge < -0.3 is 19.7 Å². The fourth-order valence-electron chi connectivity index (χ4n) is 2.62. The zero-order valence-electron chi connectivity index (χ0n) is 16.3.